The van der Waals surface area contributed by atoms with Crippen LogP contribution in [0.2, 0.25) is 0 Å². The molecule has 1 aliphatic heterocycles. The molecule has 2 aliphatic rings. The Morgan fingerprint density at radius 1 is 1.24 bits per heavy atom. The number of rotatable bonds is 2. The molecule has 1 aromatic carbocycles. The van der Waals surface area contributed by atoms with E-state index in [2.05, 4.69) is 30.4 Å². The summed E-state index contributed by atoms with van der Waals surface area (Å²) in [6.45, 7) is 3.45. The van der Waals surface area contributed by atoms with Gasteiger partial charge >= 0.3 is 0 Å². The van der Waals surface area contributed by atoms with Crippen molar-refractivity contribution in [3.05, 3.63) is 34.9 Å². The smallest absolute Gasteiger partial charge is 0.00702 e. The van der Waals surface area contributed by atoms with E-state index < -0.39 is 0 Å². The minimum atomic E-state index is 0.811. The van der Waals surface area contributed by atoms with E-state index in [1.165, 1.54) is 50.6 Å². The Morgan fingerprint density at radius 3 is 3.00 bits per heavy atom. The van der Waals surface area contributed by atoms with E-state index in [1.807, 2.05) is 0 Å². The van der Waals surface area contributed by atoms with Crippen LogP contribution < -0.4 is 5.32 Å². The van der Waals surface area contributed by atoms with E-state index in [0.29, 0.717) is 0 Å². The number of nitrogens with one attached hydrogen (secondary N) is 1. The van der Waals surface area contributed by atoms with Crippen molar-refractivity contribution in [1.29, 1.82) is 0 Å². The van der Waals surface area contributed by atoms with Gasteiger partial charge in [0.1, 0.15) is 0 Å². The van der Waals surface area contributed by atoms with Crippen molar-refractivity contribution in [2.24, 2.45) is 5.92 Å². The molecule has 2 atom stereocenters. The Balaban J connectivity index is 1.67. The van der Waals surface area contributed by atoms with Crippen LogP contribution in [-0.2, 0) is 12.8 Å². The fourth-order valence-corrected chi connectivity index (χ4v) is 3.52. The molecule has 17 heavy (non-hydrogen) atoms. The van der Waals surface area contributed by atoms with E-state index in [-0.39, 0.29) is 0 Å². The van der Waals surface area contributed by atoms with Crippen LogP contribution in [0.5, 0.6) is 0 Å². The van der Waals surface area contributed by atoms with Gasteiger partial charge < -0.3 is 5.32 Å². The molecule has 92 valence electrons. The van der Waals surface area contributed by atoms with Crippen LogP contribution in [-0.4, -0.2) is 12.6 Å². The van der Waals surface area contributed by atoms with Crippen LogP contribution in [0, 0.1) is 12.8 Å². The first-order valence-electron chi connectivity index (χ1n) is 7.13. The van der Waals surface area contributed by atoms with Crippen molar-refractivity contribution in [1.82, 2.24) is 5.32 Å². The number of benzene rings is 1. The van der Waals surface area contributed by atoms with Crippen molar-refractivity contribution in [2.75, 3.05) is 6.54 Å². The standard InChI is InChI=1S/C16H23N/c1-12-4-6-14-7-5-13(10-15(14)9-12)11-16-3-2-8-17-16/h4,6,9,13,16-17H,2-3,5,7-8,10-11H2,1H3. The minimum Gasteiger partial charge on any atom is -0.314 e. The molecule has 1 heterocycles. The molecule has 1 N–H and O–H groups in total. The topological polar surface area (TPSA) is 12.0 Å². The second-order valence-electron chi connectivity index (χ2n) is 5.91. The first-order chi connectivity index (χ1) is 8.31. The van der Waals surface area contributed by atoms with Gasteiger partial charge in [0.2, 0.25) is 0 Å². The summed E-state index contributed by atoms with van der Waals surface area (Å²) < 4.78 is 0. The summed E-state index contributed by atoms with van der Waals surface area (Å²) in [5.41, 5.74) is 4.65. The van der Waals surface area contributed by atoms with Gasteiger partial charge in [-0.25, -0.2) is 0 Å². The highest BCUT2D eigenvalue weighted by atomic mass is 14.9. The number of aryl methyl sites for hydroxylation is 2. The van der Waals surface area contributed by atoms with Gasteiger partial charge in [0, 0.05) is 6.04 Å². The van der Waals surface area contributed by atoms with Gasteiger partial charge in [0.15, 0.2) is 0 Å². The molecule has 3 rings (SSSR count). The largest absolute Gasteiger partial charge is 0.314 e. The van der Waals surface area contributed by atoms with Crippen LogP contribution in [0.1, 0.15) is 42.4 Å². The lowest BCUT2D eigenvalue weighted by molar-refractivity contribution is 0.372. The summed E-state index contributed by atoms with van der Waals surface area (Å²) in [5, 5.41) is 3.64. The predicted molar refractivity (Wildman–Crippen MR) is 72.3 cm³/mol. The first kappa shape index (κ1) is 11.3. The van der Waals surface area contributed by atoms with Gasteiger partial charge in [0.25, 0.3) is 0 Å². The van der Waals surface area contributed by atoms with Crippen LogP contribution in [0.4, 0.5) is 0 Å². The third-order valence-electron chi connectivity index (χ3n) is 4.47. The van der Waals surface area contributed by atoms with Crippen LogP contribution in [0.3, 0.4) is 0 Å². The fourth-order valence-electron chi connectivity index (χ4n) is 3.52. The van der Waals surface area contributed by atoms with Gasteiger partial charge in [0.05, 0.1) is 0 Å². The second-order valence-corrected chi connectivity index (χ2v) is 5.91. The maximum absolute atomic E-state index is 3.64. The SMILES string of the molecule is Cc1ccc2c(c1)CC(CC1CCCN1)CC2. The lowest BCUT2D eigenvalue weighted by atomic mass is 9.80. The second kappa shape index (κ2) is 4.81. The van der Waals surface area contributed by atoms with Crippen molar-refractivity contribution in [2.45, 2.75) is 51.5 Å². The van der Waals surface area contributed by atoms with Crippen LogP contribution in [0.25, 0.3) is 0 Å². The van der Waals surface area contributed by atoms with E-state index in [0.717, 1.165) is 12.0 Å². The van der Waals surface area contributed by atoms with Gasteiger partial charge in [-0.05, 0) is 69.0 Å². The monoisotopic (exact) mass is 229 g/mol. The third-order valence-corrected chi connectivity index (χ3v) is 4.47. The zero-order chi connectivity index (χ0) is 11.7. The number of fused-ring (bicyclic) bond motifs is 1. The van der Waals surface area contributed by atoms with E-state index in [4.69, 9.17) is 0 Å². The van der Waals surface area contributed by atoms with Crippen molar-refractivity contribution >= 4 is 0 Å². The maximum Gasteiger partial charge on any atom is 0.00702 e. The summed E-state index contributed by atoms with van der Waals surface area (Å²) in [5.74, 6) is 0.917. The normalized spacial score (nSPS) is 28.1. The van der Waals surface area contributed by atoms with Crippen molar-refractivity contribution in [3.8, 4) is 0 Å². The quantitative estimate of drug-likeness (QED) is 0.821. The Hall–Kier alpha value is -0.820. The molecule has 0 spiro atoms. The van der Waals surface area contributed by atoms with Gasteiger partial charge in [-0.3, -0.25) is 0 Å². The predicted octanol–water partition coefficient (Wildman–Crippen LogP) is 3.24. The average molecular weight is 229 g/mol. The highest BCUT2D eigenvalue weighted by Gasteiger charge is 2.23. The molecule has 1 nitrogen and oxygen atoms in total. The molecule has 1 saturated heterocycles. The lowest BCUT2D eigenvalue weighted by Crippen LogP contribution is -2.27. The molecule has 0 saturated carbocycles. The molecule has 1 aromatic rings. The van der Waals surface area contributed by atoms with E-state index in [9.17, 15) is 0 Å². The van der Waals surface area contributed by atoms with Crippen molar-refractivity contribution in [3.63, 3.8) is 0 Å². The fraction of sp³-hybridized carbons (Fsp3) is 0.625. The highest BCUT2D eigenvalue weighted by molar-refractivity contribution is 5.33. The molecule has 1 aliphatic carbocycles. The average Bonchev–Trinajstić information content (AvgIpc) is 2.81. The third kappa shape index (κ3) is 2.55. The van der Waals surface area contributed by atoms with Crippen LogP contribution in [0.15, 0.2) is 18.2 Å². The summed E-state index contributed by atoms with van der Waals surface area (Å²) in [4.78, 5) is 0. The number of hydrogen-bond acceptors (Lipinski definition) is 1. The lowest BCUT2D eigenvalue weighted by Gasteiger charge is -2.27. The van der Waals surface area contributed by atoms with E-state index >= 15 is 0 Å². The number of hydrogen-bond donors (Lipinski definition) is 1. The summed E-state index contributed by atoms with van der Waals surface area (Å²) in [6, 6.07) is 7.82. The maximum atomic E-state index is 3.64. The van der Waals surface area contributed by atoms with Gasteiger partial charge in [-0.1, -0.05) is 23.8 Å². The molecular weight excluding hydrogens is 206 g/mol. The molecule has 0 amide bonds. The zero-order valence-corrected chi connectivity index (χ0v) is 10.8. The molecule has 1 heteroatoms. The molecule has 2 unspecified atom stereocenters. The van der Waals surface area contributed by atoms with Crippen LogP contribution >= 0.6 is 0 Å². The molecule has 1 fully saturated rings. The molecule has 0 bridgehead atoms. The van der Waals surface area contributed by atoms with Gasteiger partial charge in [-0.15, -0.1) is 0 Å². The molecule has 0 aromatic heterocycles. The van der Waals surface area contributed by atoms with Crippen molar-refractivity contribution < 1.29 is 0 Å². The Labute approximate surface area is 105 Å². The highest BCUT2D eigenvalue weighted by Crippen LogP contribution is 2.30. The summed E-state index contributed by atoms with van der Waals surface area (Å²) in [7, 11) is 0. The van der Waals surface area contributed by atoms with E-state index in [1.54, 1.807) is 11.1 Å². The minimum absolute atomic E-state index is 0.811. The Kier molecular flexibility index (Phi) is 3.19. The molecule has 0 radical (unpaired) electrons. The summed E-state index contributed by atoms with van der Waals surface area (Å²) >= 11 is 0. The Morgan fingerprint density at radius 2 is 2.18 bits per heavy atom. The zero-order valence-electron chi connectivity index (χ0n) is 10.8. The van der Waals surface area contributed by atoms with Gasteiger partial charge in [-0.2, -0.15) is 0 Å². The first-order valence-corrected chi connectivity index (χ1v) is 7.13. The molecular formula is C16H23N. The summed E-state index contributed by atoms with van der Waals surface area (Å²) in [6.07, 6.45) is 8.19. The Bertz CT molecular complexity index is 391.